The summed E-state index contributed by atoms with van der Waals surface area (Å²) in [6, 6.07) is 67.9. The second-order valence-corrected chi connectivity index (χ2v) is 21.3. The molecule has 1 fully saturated rings. The van der Waals surface area contributed by atoms with Crippen molar-refractivity contribution in [1.82, 2.24) is 0 Å². The molecule has 0 nitrogen and oxygen atoms in total. The van der Waals surface area contributed by atoms with E-state index < -0.39 is 0 Å². The normalized spacial score (nSPS) is 12.1. The lowest BCUT2D eigenvalue weighted by Crippen LogP contribution is -2.09. The average molecular weight is 1070 g/mol. The highest BCUT2D eigenvalue weighted by Gasteiger charge is 2.16. The molecular weight excluding hydrogens is 973 g/mol. The monoisotopic (exact) mass is 1070 g/mol. The fraction of sp³-hybridized carbons (Fsp3) is 0.309. The van der Waals surface area contributed by atoms with Crippen LogP contribution in [-0.4, -0.2) is 0 Å². The van der Waals surface area contributed by atoms with Gasteiger partial charge in [-0.3, -0.25) is 0 Å². The van der Waals surface area contributed by atoms with Gasteiger partial charge in [0, 0.05) is 5.92 Å². The third kappa shape index (κ3) is 21.6. The van der Waals surface area contributed by atoms with E-state index >= 15 is 0 Å². The Bertz CT molecular complexity index is 3060. The highest BCUT2D eigenvalue weighted by atomic mass is 14.2. The van der Waals surface area contributed by atoms with Gasteiger partial charge in [0.05, 0.1) is 0 Å². The zero-order chi connectivity index (χ0) is 58.9. The molecule has 0 spiro atoms. The molecule has 0 amide bonds. The Morgan fingerprint density at radius 1 is 0.481 bits per heavy atom. The van der Waals surface area contributed by atoms with Crippen molar-refractivity contribution < 1.29 is 0 Å². The molecule has 0 heteroatoms. The van der Waals surface area contributed by atoms with Crippen LogP contribution in [0.3, 0.4) is 0 Å². The first-order valence-electron chi connectivity index (χ1n) is 30.8. The zero-order valence-electron chi connectivity index (χ0n) is 52.5. The summed E-state index contributed by atoms with van der Waals surface area (Å²) in [6.07, 6.45) is 22.9. The second-order valence-electron chi connectivity index (χ2n) is 21.3. The highest BCUT2D eigenvalue weighted by molar-refractivity contribution is 5.82. The van der Waals surface area contributed by atoms with Crippen LogP contribution in [0.15, 0.2) is 231 Å². The zero-order valence-corrected chi connectivity index (χ0v) is 52.5. The van der Waals surface area contributed by atoms with Gasteiger partial charge in [-0.2, -0.15) is 0 Å². The molecule has 81 heavy (non-hydrogen) atoms. The molecular formula is C81H100. The van der Waals surface area contributed by atoms with Crippen LogP contribution in [0.1, 0.15) is 165 Å². The van der Waals surface area contributed by atoms with Crippen LogP contribution >= 0.6 is 0 Å². The van der Waals surface area contributed by atoms with Crippen molar-refractivity contribution in [1.29, 1.82) is 0 Å². The molecule has 1 saturated carbocycles. The Morgan fingerprint density at radius 3 is 1.30 bits per heavy atom. The van der Waals surface area contributed by atoms with Gasteiger partial charge in [-0.25, -0.2) is 0 Å². The average Bonchev–Trinajstić information content (AvgIpc) is 3.64. The minimum atomic E-state index is 0.451. The lowest BCUT2D eigenvalue weighted by molar-refractivity contribution is 0.298. The number of unbranched alkanes of at least 4 members (excludes halogenated alkanes) is 1. The van der Waals surface area contributed by atoms with E-state index in [-0.39, 0.29) is 0 Å². The van der Waals surface area contributed by atoms with Gasteiger partial charge < -0.3 is 0 Å². The SMILES string of the molecule is C/C=C\C=C(\CCC)C(C)c1cc(-c2ccc(C)cc2)ccc1C.C=C(/C=C\CCC1CCC1)c1cc(-c2ccc(C)cc2)ccc1C.CC.CC.CCCC.Cc1ccc(-c2cc(-c3ccccc3)cc(-c3ccccc3)c2)cc1. The van der Waals surface area contributed by atoms with E-state index in [9.17, 15) is 0 Å². The smallest absolute Gasteiger partial charge is 0.00257 e. The van der Waals surface area contributed by atoms with Gasteiger partial charge in [-0.15, -0.1) is 0 Å². The summed E-state index contributed by atoms with van der Waals surface area (Å²) in [7, 11) is 0. The summed E-state index contributed by atoms with van der Waals surface area (Å²) in [5.41, 5.74) is 24.5. The maximum atomic E-state index is 4.30. The minimum Gasteiger partial charge on any atom is -0.0912 e. The Kier molecular flexibility index (Phi) is 30.2. The fourth-order valence-corrected chi connectivity index (χ4v) is 9.64. The summed E-state index contributed by atoms with van der Waals surface area (Å²) in [5, 5.41) is 0. The van der Waals surface area contributed by atoms with E-state index in [2.05, 4.69) is 294 Å². The van der Waals surface area contributed by atoms with Gasteiger partial charge >= 0.3 is 0 Å². The van der Waals surface area contributed by atoms with Crippen LogP contribution in [0.5, 0.6) is 0 Å². The van der Waals surface area contributed by atoms with Gasteiger partial charge in [0.2, 0.25) is 0 Å². The lowest BCUT2D eigenvalue weighted by Gasteiger charge is -2.24. The molecule has 0 saturated heterocycles. The van der Waals surface area contributed by atoms with E-state index in [1.807, 2.05) is 27.7 Å². The molecule has 0 bridgehead atoms. The van der Waals surface area contributed by atoms with Crippen molar-refractivity contribution in [3.05, 3.63) is 270 Å². The third-order valence-electron chi connectivity index (χ3n) is 15.0. The van der Waals surface area contributed by atoms with Gasteiger partial charge in [-0.1, -0.05) is 317 Å². The molecule has 0 heterocycles. The van der Waals surface area contributed by atoms with Gasteiger partial charge in [0.15, 0.2) is 0 Å². The van der Waals surface area contributed by atoms with E-state index in [1.54, 1.807) is 0 Å². The quantitative estimate of drug-likeness (QED) is 0.0846. The summed E-state index contributed by atoms with van der Waals surface area (Å²) < 4.78 is 0. The van der Waals surface area contributed by atoms with Crippen molar-refractivity contribution >= 4 is 5.57 Å². The standard InChI is InChI=1S/C25H20.C24H28.C24H30.C4H10.2C2H6/c1-19-12-14-22(15-13-19)25-17-23(20-8-4-2-5-9-20)16-24(18-25)21-10-6-3-7-11-21;1-18-11-14-22(15-12-18)23-16-13-20(3)24(17-23)19(2)7-4-5-8-21-9-6-10-21;1-6-8-10-21(9-7-2)20(5)24-17-23(16-13-19(24)4)22-14-11-18(3)12-15-22;1-3-4-2;2*1-2/h2-18H,1H3;4,7,11-17,21H,2,5-6,8-10H2,1,3H3;6,8,10-17,20H,7,9H2,1-5H3;3-4H2,1-2H3;2*1-2H3/b;7-4-;8-6-,21-10-;;;. The molecule has 0 aliphatic heterocycles. The second kappa shape index (κ2) is 36.9. The predicted octanol–water partition coefficient (Wildman–Crippen LogP) is 25.4. The van der Waals surface area contributed by atoms with Crippen LogP contribution in [-0.2, 0) is 0 Å². The van der Waals surface area contributed by atoms with Crippen molar-refractivity contribution in [2.24, 2.45) is 5.92 Å². The van der Waals surface area contributed by atoms with Crippen LogP contribution in [0.2, 0.25) is 0 Å². The van der Waals surface area contributed by atoms with E-state index in [1.165, 1.54) is 152 Å². The van der Waals surface area contributed by atoms with E-state index in [0.29, 0.717) is 5.92 Å². The predicted molar refractivity (Wildman–Crippen MR) is 364 cm³/mol. The fourth-order valence-electron chi connectivity index (χ4n) is 9.64. The highest BCUT2D eigenvalue weighted by Crippen LogP contribution is 2.36. The third-order valence-corrected chi connectivity index (χ3v) is 15.0. The Labute approximate surface area is 494 Å². The first kappa shape index (κ1) is 66.2. The summed E-state index contributed by atoms with van der Waals surface area (Å²) in [6.45, 7) is 34.1. The molecule has 0 radical (unpaired) electrons. The lowest BCUT2D eigenvalue weighted by atomic mass is 9.82. The van der Waals surface area contributed by atoms with Gasteiger partial charge in [0.25, 0.3) is 0 Å². The maximum absolute atomic E-state index is 4.30. The van der Waals surface area contributed by atoms with Crippen molar-refractivity contribution in [2.45, 2.75) is 161 Å². The summed E-state index contributed by atoms with van der Waals surface area (Å²) in [4.78, 5) is 0. The van der Waals surface area contributed by atoms with Crippen LogP contribution in [0.25, 0.3) is 61.2 Å². The van der Waals surface area contributed by atoms with Crippen LogP contribution in [0, 0.1) is 40.5 Å². The van der Waals surface area contributed by atoms with Gasteiger partial charge in [-0.05, 0) is 174 Å². The van der Waals surface area contributed by atoms with Crippen molar-refractivity contribution in [3.8, 4) is 55.6 Å². The Hall–Kier alpha value is -7.28. The molecule has 1 aliphatic carbocycles. The largest absolute Gasteiger partial charge is 0.0912 e. The van der Waals surface area contributed by atoms with E-state index in [4.69, 9.17) is 0 Å². The molecule has 8 aromatic carbocycles. The molecule has 424 valence electrons. The van der Waals surface area contributed by atoms with Crippen LogP contribution < -0.4 is 0 Å². The molecule has 0 N–H and O–H groups in total. The first-order chi connectivity index (χ1) is 39.4. The van der Waals surface area contributed by atoms with Crippen LogP contribution in [0.4, 0.5) is 0 Å². The number of aryl methyl sites for hydroxylation is 5. The summed E-state index contributed by atoms with van der Waals surface area (Å²) >= 11 is 0. The van der Waals surface area contributed by atoms with Crippen molar-refractivity contribution in [2.75, 3.05) is 0 Å². The number of hydrogen-bond acceptors (Lipinski definition) is 0. The Balaban J connectivity index is 0.000000245. The topological polar surface area (TPSA) is 0 Å². The number of benzene rings is 8. The van der Waals surface area contributed by atoms with E-state index in [0.717, 1.165) is 17.9 Å². The number of allylic oxidation sites excluding steroid dienone is 7. The Morgan fingerprint density at radius 2 is 0.889 bits per heavy atom. The molecule has 1 aliphatic rings. The van der Waals surface area contributed by atoms with Gasteiger partial charge in [0.1, 0.15) is 0 Å². The first-order valence-corrected chi connectivity index (χ1v) is 30.8. The summed E-state index contributed by atoms with van der Waals surface area (Å²) in [5.74, 6) is 1.43. The molecule has 8 aromatic rings. The maximum Gasteiger partial charge on any atom is 0.00257 e. The molecule has 1 atom stereocenters. The number of hydrogen-bond donors (Lipinski definition) is 0. The molecule has 1 unspecified atom stereocenters. The van der Waals surface area contributed by atoms with Crippen molar-refractivity contribution in [3.63, 3.8) is 0 Å². The minimum absolute atomic E-state index is 0.451. The molecule has 0 aromatic heterocycles. The number of rotatable bonds is 16. The molecule has 9 rings (SSSR count).